The number of nitrogens with one attached hydrogen (secondary N) is 1. The Morgan fingerprint density at radius 2 is 1.95 bits per heavy atom. The summed E-state index contributed by atoms with van der Waals surface area (Å²) in [6, 6.07) is 5.82. The molecule has 0 saturated heterocycles. The summed E-state index contributed by atoms with van der Waals surface area (Å²) in [4.78, 5) is 8.83. The molecule has 1 aromatic carbocycles. The Labute approximate surface area is 131 Å². The molecule has 0 radical (unpaired) electrons. The second-order valence-electron chi connectivity index (χ2n) is 4.10. The molecule has 0 fully saturated rings. The maximum absolute atomic E-state index is 5.30. The van der Waals surface area contributed by atoms with Crippen LogP contribution in [0.2, 0.25) is 0 Å². The predicted molar refractivity (Wildman–Crippen MR) is 86.6 cm³/mol. The molecule has 2 aromatic rings. The Balaban J connectivity index is 2.25. The molecule has 6 heteroatoms. The number of rotatable bonds is 5. The first kappa shape index (κ1) is 14.8. The third-order valence-corrected chi connectivity index (χ3v) is 3.63. The molecule has 0 amide bonds. The van der Waals surface area contributed by atoms with Crippen molar-refractivity contribution in [2.75, 3.05) is 26.6 Å². The lowest BCUT2D eigenvalue weighted by Crippen LogP contribution is -2.03. The van der Waals surface area contributed by atoms with Crippen LogP contribution in [0.15, 0.2) is 24.4 Å². The third kappa shape index (κ3) is 3.30. The van der Waals surface area contributed by atoms with Crippen LogP contribution in [0.3, 0.4) is 0 Å². The van der Waals surface area contributed by atoms with Crippen molar-refractivity contribution in [3.63, 3.8) is 0 Å². The molecule has 1 aromatic heterocycles. The van der Waals surface area contributed by atoms with Gasteiger partial charge >= 0.3 is 0 Å². The Bertz CT molecular complexity index is 605. The number of aromatic nitrogens is 2. The molecule has 0 unspecified atom stereocenters. The fourth-order valence-electron chi connectivity index (χ4n) is 1.84. The van der Waals surface area contributed by atoms with Gasteiger partial charge in [0.2, 0.25) is 0 Å². The van der Waals surface area contributed by atoms with Crippen LogP contribution in [-0.2, 0) is 6.42 Å². The van der Waals surface area contributed by atoms with Crippen molar-refractivity contribution in [2.45, 2.75) is 6.42 Å². The molecule has 106 valence electrons. The zero-order valence-corrected chi connectivity index (χ0v) is 13.8. The summed E-state index contributed by atoms with van der Waals surface area (Å²) >= 11 is 2.20. The standard InChI is InChI=1S/C14H16IN3O2/c1-16-14-10(15)8-17-13(18-14)7-9-4-5-11(19-2)12(6-9)20-3/h4-6,8H,7H2,1-3H3,(H,16,17,18). The van der Waals surface area contributed by atoms with Crippen LogP contribution in [0.1, 0.15) is 11.4 Å². The SMILES string of the molecule is CNc1nc(Cc2ccc(OC)c(OC)c2)ncc1I. The van der Waals surface area contributed by atoms with Gasteiger partial charge in [0, 0.05) is 19.7 Å². The second-order valence-corrected chi connectivity index (χ2v) is 5.26. The van der Waals surface area contributed by atoms with E-state index in [0.717, 1.165) is 26.5 Å². The van der Waals surface area contributed by atoms with E-state index >= 15 is 0 Å². The fourth-order valence-corrected chi connectivity index (χ4v) is 2.37. The Kier molecular flexibility index (Phi) is 4.99. The first-order valence-electron chi connectivity index (χ1n) is 6.08. The molecule has 1 N–H and O–H groups in total. The average Bonchev–Trinajstić information content (AvgIpc) is 2.49. The summed E-state index contributed by atoms with van der Waals surface area (Å²) in [6.07, 6.45) is 2.46. The second kappa shape index (κ2) is 6.74. The van der Waals surface area contributed by atoms with Crippen molar-refractivity contribution in [1.82, 2.24) is 9.97 Å². The molecule has 1 heterocycles. The third-order valence-electron chi connectivity index (χ3n) is 2.84. The summed E-state index contributed by atoms with van der Waals surface area (Å²) in [5.41, 5.74) is 1.07. The van der Waals surface area contributed by atoms with Crippen LogP contribution >= 0.6 is 22.6 Å². The van der Waals surface area contributed by atoms with Gasteiger partial charge < -0.3 is 14.8 Å². The van der Waals surface area contributed by atoms with E-state index in [-0.39, 0.29) is 0 Å². The largest absolute Gasteiger partial charge is 0.493 e. The van der Waals surface area contributed by atoms with E-state index in [1.54, 1.807) is 14.2 Å². The molecule has 0 spiro atoms. The average molecular weight is 385 g/mol. The van der Waals surface area contributed by atoms with E-state index < -0.39 is 0 Å². The van der Waals surface area contributed by atoms with Crippen molar-refractivity contribution in [1.29, 1.82) is 0 Å². The van der Waals surface area contributed by atoms with Crippen molar-refractivity contribution in [3.8, 4) is 11.5 Å². The lowest BCUT2D eigenvalue weighted by molar-refractivity contribution is 0.354. The number of anilines is 1. The first-order valence-corrected chi connectivity index (χ1v) is 7.16. The van der Waals surface area contributed by atoms with Crippen molar-refractivity contribution < 1.29 is 9.47 Å². The van der Waals surface area contributed by atoms with Gasteiger partial charge in [-0.25, -0.2) is 9.97 Å². The normalized spacial score (nSPS) is 10.2. The minimum Gasteiger partial charge on any atom is -0.493 e. The van der Waals surface area contributed by atoms with E-state index in [4.69, 9.17) is 9.47 Å². The lowest BCUT2D eigenvalue weighted by Gasteiger charge is -2.10. The highest BCUT2D eigenvalue weighted by atomic mass is 127. The Hall–Kier alpha value is -1.57. The van der Waals surface area contributed by atoms with Gasteiger partial charge in [-0.05, 0) is 40.3 Å². The lowest BCUT2D eigenvalue weighted by atomic mass is 10.1. The number of hydrogen-bond acceptors (Lipinski definition) is 5. The predicted octanol–water partition coefficient (Wildman–Crippen LogP) is 2.73. The monoisotopic (exact) mass is 385 g/mol. The number of methoxy groups -OCH3 is 2. The summed E-state index contributed by atoms with van der Waals surface area (Å²) in [6.45, 7) is 0. The number of hydrogen-bond donors (Lipinski definition) is 1. The number of nitrogens with zero attached hydrogens (tertiary/aromatic N) is 2. The van der Waals surface area contributed by atoms with Crippen molar-refractivity contribution >= 4 is 28.4 Å². The first-order chi connectivity index (χ1) is 9.67. The molecule has 0 aliphatic heterocycles. The molecule has 0 bridgehead atoms. The molecule has 0 atom stereocenters. The van der Waals surface area contributed by atoms with Gasteiger partial charge in [0.15, 0.2) is 11.5 Å². The smallest absolute Gasteiger partial charge is 0.161 e. The van der Waals surface area contributed by atoms with Crippen LogP contribution in [0, 0.1) is 3.57 Å². The van der Waals surface area contributed by atoms with E-state index in [1.165, 1.54) is 0 Å². The van der Waals surface area contributed by atoms with Crippen LogP contribution in [0.5, 0.6) is 11.5 Å². The highest BCUT2D eigenvalue weighted by molar-refractivity contribution is 14.1. The summed E-state index contributed by atoms with van der Waals surface area (Å²) in [5.74, 6) is 3.04. The molecule has 0 aliphatic carbocycles. The molecule has 0 saturated carbocycles. The zero-order valence-electron chi connectivity index (χ0n) is 11.6. The Morgan fingerprint density at radius 3 is 2.60 bits per heavy atom. The van der Waals surface area contributed by atoms with Crippen LogP contribution in [0.4, 0.5) is 5.82 Å². The topological polar surface area (TPSA) is 56.3 Å². The maximum atomic E-state index is 5.30. The maximum Gasteiger partial charge on any atom is 0.161 e. The fraction of sp³-hybridized carbons (Fsp3) is 0.286. The molecule has 0 aliphatic rings. The molecule has 20 heavy (non-hydrogen) atoms. The van der Waals surface area contributed by atoms with Gasteiger partial charge in [0.25, 0.3) is 0 Å². The van der Waals surface area contributed by atoms with E-state index in [0.29, 0.717) is 12.2 Å². The molecular weight excluding hydrogens is 369 g/mol. The quantitative estimate of drug-likeness (QED) is 0.803. The van der Waals surface area contributed by atoms with E-state index in [1.807, 2.05) is 31.4 Å². The minimum absolute atomic E-state index is 0.645. The van der Waals surface area contributed by atoms with Crippen LogP contribution in [0.25, 0.3) is 0 Å². The molecule has 2 rings (SSSR count). The minimum atomic E-state index is 0.645. The highest BCUT2D eigenvalue weighted by Gasteiger charge is 2.08. The van der Waals surface area contributed by atoms with Gasteiger partial charge in [0.1, 0.15) is 11.6 Å². The number of benzene rings is 1. The molecular formula is C14H16IN3O2. The summed E-state index contributed by atoms with van der Waals surface area (Å²) in [7, 11) is 5.10. The van der Waals surface area contributed by atoms with E-state index in [2.05, 4.69) is 37.9 Å². The number of halogens is 1. The summed E-state index contributed by atoms with van der Waals surface area (Å²) in [5, 5.41) is 3.06. The molecule has 5 nitrogen and oxygen atoms in total. The van der Waals surface area contributed by atoms with Crippen LogP contribution < -0.4 is 14.8 Å². The van der Waals surface area contributed by atoms with Gasteiger partial charge in [-0.1, -0.05) is 6.07 Å². The zero-order chi connectivity index (χ0) is 14.5. The Morgan fingerprint density at radius 1 is 1.20 bits per heavy atom. The summed E-state index contributed by atoms with van der Waals surface area (Å²) < 4.78 is 11.5. The van der Waals surface area contributed by atoms with Crippen molar-refractivity contribution in [3.05, 3.63) is 39.4 Å². The van der Waals surface area contributed by atoms with Gasteiger partial charge in [-0.15, -0.1) is 0 Å². The van der Waals surface area contributed by atoms with Gasteiger partial charge in [-0.2, -0.15) is 0 Å². The van der Waals surface area contributed by atoms with Gasteiger partial charge in [0.05, 0.1) is 17.8 Å². The van der Waals surface area contributed by atoms with Crippen LogP contribution in [-0.4, -0.2) is 31.2 Å². The van der Waals surface area contributed by atoms with E-state index in [9.17, 15) is 0 Å². The highest BCUT2D eigenvalue weighted by Crippen LogP contribution is 2.28. The van der Waals surface area contributed by atoms with Crippen molar-refractivity contribution in [2.24, 2.45) is 0 Å². The number of ether oxygens (including phenoxy) is 2. The van der Waals surface area contributed by atoms with Gasteiger partial charge in [-0.3, -0.25) is 0 Å².